The Bertz CT molecular complexity index is 532. The van der Waals surface area contributed by atoms with E-state index in [1.54, 1.807) is 23.9 Å². The first-order valence-electron chi connectivity index (χ1n) is 5.72. The second-order valence-corrected chi connectivity index (χ2v) is 4.79. The molecule has 0 spiro atoms. The highest BCUT2D eigenvalue weighted by atomic mass is 32.1. The number of amides is 1. The maximum atomic E-state index is 11.9. The molecule has 0 saturated heterocycles. The molecule has 2 heterocycles. The zero-order valence-corrected chi connectivity index (χ0v) is 11.0. The Balaban J connectivity index is 1.93. The van der Waals surface area contributed by atoms with Crippen LogP contribution in [0.5, 0.6) is 0 Å². The second-order valence-electron chi connectivity index (χ2n) is 4.05. The van der Waals surface area contributed by atoms with Crippen molar-refractivity contribution < 1.29 is 4.79 Å². The third kappa shape index (κ3) is 2.96. The third-order valence-corrected chi connectivity index (χ3v) is 3.56. The fourth-order valence-electron chi connectivity index (χ4n) is 1.58. The number of carbonyl (C=O) groups is 1. The molecule has 1 amide bonds. The van der Waals surface area contributed by atoms with Crippen molar-refractivity contribution in [3.05, 3.63) is 40.1 Å². The number of nitrogens with zero attached hydrogens (tertiary/aromatic N) is 2. The van der Waals surface area contributed by atoms with E-state index in [1.165, 1.54) is 5.56 Å². The van der Waals surface area contributed by atoms with E-state index in [2.05, 4.69) is 15.7 Å². The molecule has 3 N–H and O–H groups in total. The highest BCUT2D eigenvalue weighted by molar-refractivity contribution is 7.08. The molecule has 0 aromatic carbocycles. The number of thiophene rings is 1. The summed E-state index contributed by atoms with van der Waals surface area (Å²) in [7, 11) is 0. The minimum Gasteiger partial charge on any atom is -0.347 e. The van der Waals surface area contributed by atoms with Crippen molar-refractivity contribution in [1.29, 1.82) is 0 Å². The summed E-state index contributed by atoms with van der Waals surface area (Å²) in [5.41, 5.74) is 8.22. The number of hydrogen-bond acceptors (Lipinski definition) is 4. The van der Waals surface area contributed by atoms with E-state index < -0.39 is 0 Å². The summed E-state index contributed by atoms with van der Waals surface area (Å²) in [6.45, 7) is 3.78. The van der Waals surface area contributed by atoms with Gasteiger partial charge in [-0.15, -0.1) is 0 Å². The SMILES string of the molecule is Cc1cscc1CNC(=O)c1cn(CCN)cn1. The Morgan fingerprint density at radius 2 is 2.39 bits per heavy atom. The van der Waals surface area contributed by atoms with Crippen molar-refractivity contribution >= 4 is 17.2 Å². The number of nitrogens with two attached hydrogens (primary N) is 1. The smallest absolute Gasteiger partial charge is 0.271 e. The van der Waals surface area contributed by atoms with E-state index in [1.807, 2.05) is 16.9 Å². The Morgan fingerprint density at radius 3 is 3.06 bits per heavy atom. The molecule has 0 saturated carbocycles. The van der Waals surface area contributed by atoms with Crippen LogP contribution in [0.15, 0.2) is 23.3 Å². The van der Waals surface area contributed by atoms with Crippen molar-refractivity contribution in [3.8, 4) is 0 Å². The number of imidazole rings is 1. The first kappa shape index (κ1) is 12.8. The third-order valence-electron chi connectivity index (χ3n) is 2.65. The van der Waals surface area contributed by atoms with Gasteiger partial charge in [0.25, 0.3) is 5.91 Å². The highest BCUT2D eigenvalue weighted by Crippen LogP contribution is 2.13. The summed E-state index contributed by atoms with van der Waals surface area (Å²) in [4.78, 5) is 15.9. The standard InChI is InChI=1S/C12H16N4OS/c1-9-6-18-7-10(9)4-14-12(17)11-5-16(3-2-13)8-15-11/h5-8H,2-4,13H2,1H3,(H,14,17). The van der Waals surface area contributed by atoms with Crippen molar-refractivity contribution in [2.24, 2.45) is 5.73 Å². The van der Waals surface area contributed by atoms with Gasteiger partial charge in [-0.2, -0.15) is 11.3 Å². The average Bonchev–Trinajstić information content (AvgIpc) is 2.96. The molecule has 0 unspecified atom stereocenters. The predicted octanol–water partition coefficient (Wildman–Crippen LogP) is 1.14. The average molecular weight is 264 g/mol. The second kappa shape index (κ2) is 5.79. The lowest BCUT2D eigenvalue weighted by molar-refractivity contribution is 0.0946. The van der Waals surface area contributed by atoms with Gasteiger partial charge < -0.3 is 15.6 Å². The van der Waals surface area contributed by atoms with E-state index in [4.69, 9.17) is 5.73 Å². The molecule has 0 aliphatic heterocycles. The van der Waals surface area contributed by atoms with Crippen molar-refractivity contribution in [3.63, 3.8) is 0 Å². The van der Waals surface area contributed by atoms with Gasteiger partial charge in [0, 0.05) is 25.8 Å². The molecule has 2 aromatic heterocycles. The summed E-state index contributed by atoms with van der Waals surface area (Å²) in [5.74, 6) is -0.156. The Kier molecular flexibility index (Phi) is 4.11. The van der Waals surface area contributed by atoms with E-state index in [9.17, 15) is 4.79 Å². The minimum atomic E-state index is -0.156. The maximum absolute atomic E-state index is 11.9. The van der Waals surface area contributed by atoms with Crippen molar-refractivity contribution in [2.45, 2.75) is 20.0 Å². The predicted molar refractivity (Wildman–Crippen MR) is 71.5 cm³/mol. The molecule has 2 rings (SSSR count). The number of carbonyl (C=O) groups excluding carboxylic acids is 1. The molecule has 0 atom stereocenters. The molecular weight excluding hydrogens is 248 g/mol. The molecule has 18 heavy (non-hydrogen) atoms. The largest absolute Gasteiger partial charge is 0.347 e. The Labute approximate surface area is 110 Å². The molecule has 0 aliphatic rings. The number of hydrogen-bond donors (Lipinski definition) is 2. The highest BCUT2D eigenvalue weighted by Gasteiger charge is 2.09. The van der Waals surface area contributed by atoms with E-state index in [0.29, 0.717) is 25.3 Å². The molecule has 0 bridgehead atoms. The Hall–Kier alpha value is -1.66. The number of aromatic nitrogens is 2. The molecule has 6 heteroatoms. The van der Waals surface area contributed by atoms with Crippen molar-refractivity contribution in [2.75, 3.05) is 6.54 Å². The van der Waals surface area contributed by atoms with Crippen LogP contribution in [0.25, 0.3) is 0 Å². The van der Waals surface area contributed by atoms with Crippen LogP contribution < -0.4 is 11.1 Å². The first-order valence-corrected chi connectivity index (χ1v) is 6.66. The molecule has 0 aliphatic carbocycles. The summed E-state index contributed by atoms with van der Waals surface area (Å²) in [6, 6.07) is 0. The van der Waals surface area contributed by atoms with Gasteiger partial charge in [0.2, 0.25) is 0 Å². The van der Waals surface area contributed by atoms with Gasteiger partial charge >= 0.3 is 0 Å². The van der Waals surface area contributed by atoms with Crippen LogP contribution in [0.4, 0.5) is 0 Å². The van der Waals surface area contributed by atoms with E-state index in [-0.39, 0.29) is 5.91 Å². The van der Waals surface area contributed by atoms with Crippen molar-refractivity contribution in [1.82, 2.24) is 14.9 Å². The minimum absolute atomic E-state index is 0.156. The van der Waals surface area contributed by atoms with Crippen LogP contribution in [-0.2, 0) is 13.1 Å². The van der Waals surface area contributed by atoms with E-state index in [0.717, 1.165) is 5.56 Å². The summed E-state index contributed by atoms with van der Waals surface area (Å²) in [6.07, 6.45) is 3.33. The van der Waals surface area contributed by atoms with Crippen LogP contribution >= 0.6 is 11.3 Å². The van der Waals surface area contributed by atoms with Gasteiger partial charge in [-0.05, 0) is 28.8 Å². The van der Waals surface area contributed by atoms with Crippen LogP contribution in [0.1, 0.15) is 21.6 Å². The fourth-order valence-corrected chi connectivity index (χ4v) is 2.44. The molecule has 0 radical (unpaired) electrons. The molecule has 96 valence electrons. The van der Waals surface area contributed by atoms with Crippen LogP contribution in [-0.4, -0.2) is 22.0 Å². The summed E-state index contributed by atoms with van der Waals surface area (Å²) < 4.78 is 1.81. The topological polar surface area (TPSA) is 72.9 Å². The normalized spacial score (nSPS) is 10.6. The van der Waals surface area contributed by atoms with Gasteiger partial charge in [-0.1, -0.05) is 0 Å². The van der Waals surface area contributed by atoms with Crippen LogP contribution in [0.3, 0.4) is 0 Å². The zero-order valence-electron chi connectivity index (χ0n) is 10.2. The lowest BCUT2D eigenvalue weighted by atomic mass is 10.2. The lowest BCUT2D eigenvalue weighted by Gasteiger charge is -2.02. The molecule has 2 aromatic rings. The van der Waals surface area contributed by atoms with Gasteiger partial charge in [0.05, 0.1) is 6.33 Å². The number of rotatable bonds is 5. The van der Waals surface area contributed by atoms with Crippen LogP contribution in [0.2, 0.25) is 0 Å². The first-order chi connectivity index (χ1) is 8.70. The quantitative estimate of drug-likeness (QED) is 0.850. The summed E-state index contributed by atoms with van der Waals surface area (Å²) in [5, 5.41) is 6.97. The van der Waals surface area contributed by atoms with Gasteiger partial charge in [0.15, 0.2) is 0 Å². The monoisotopic (exact) mass is 264 g/mol. The molecule has 5 nitrogen and oxygen atoms in total. The molecule has 0 fully saturated rings. The lowest BCUT2D eigenvalue weighted by Crippen LogP contribution is -2.23. The van der Waals surface area contributed by atoms with Gasteiger partial charge in [-0.25, -0.2) is 4.98 Å². The maximum Gasteiger partial charge on any atom is 0.271 e. The number of nitrogens with one attached hydrogen (secondary N) is 1. The Morgan fingerprint density at radius 1 is 1.56 bits per heavy atom. The fraction of sp³-hybridized carbons (Fsp3) is 0.333. The van der Waals surface area contributed by atoms with E-state index >= 15 is 0 Å². The van der Waals surface area contributed by atoms with Gasteiger partial charge in [0.1, 0.15) is 5.69 Å². The zero-order chi connectivity index (χ0) is 13.0. The molecular formula is C12H16N4OS. The van der Waals surface area contributed by atoms with Gasteiger partial charge in [-0.3, -0.25) is 4.79 Å². The number of aryl methyl sites for hydroxylation is 1. The van der Waals surface area contributed by atoms with Crippen LogP contribution in [0, 0.1) is 6.92 Å². The summed E-state index contributed by atoms with van der Waals surface area (Å²) >= 11 is 1.64.